The lowest BCUT2D eigenvalue weighted by Crippen LogP contribution is -2.43. The van der Waals surface area contributed by atoms with Gasteiger partial charge in [-0.25, -0.2) is 0 Å². The molecule has 0 N–H and O–H groups in total. The molecule has 0 amide bonds. The van der Waals surface area contributed by atoms with Crippen molar-refractivity contribution in [2.75, 3.05) is 19.8 Å². The second-order valence-electron chi connectivity index (χ2n) is 7.80. The lowest BCUT2D eigenvalue weighted by molar-refractivity contribution is -0.139. The predicted molar refractivity (Wildman–Crippen MR) is 72.9 cm³/mol. The lowest BCUT2D eigenvalue weighted by atomic mass is 9.80. The molecule has 19 heavy (non-hydrogen) atoms. The molecule has 2 saturated heterocycles. The summed E-state index contributed by atoms with van der Waals surface area (Å²) < 4.78 is 11.4. The first kappa shape index (κ1) is 13.6. The number of carbonyl (C=O) groups is 1. The smallest absolute Gasteiger partial charge is 0.140 e. The molecule has 1 spiro atoms. The molecular formula is C16H26O3. The van der Waals surface area contributed by atoms with Crippen LogP contribution < -0.4 is 0 Å². The Hall–Kier alpha value is -0.410. The molecular weight excluding hydrogens is 240 g/mol. The summed E-state index contributed by atoms with van der Waals surface area (Å²) in [5, 5.41) is 0. The molecule has 3 heteroatoms. The molecule has 1 saturated carbocycles. The van der Waals surface area contributed by atoms with Gasteiger partial charge in [0.05, 0.1) is 12.2 Å². The molecule has 2 unspecified atom stereocenters. The summed E-state index contributed by atoms with van der Waals surface area (Å²) in [6.45, 7) is 11.1. The molecule has 0 aromatic heterocycles. The fraction of sp³-hybridized carbons (Fsp3) is 0.938. The van der Waals surface area contributed by atoms with Gasteiger partial charge in [0.2, 0.25) is 0 Å². The van der Waals surface area contributed by atoms with Crippen molar-refractivity contribution in [2.45, 2.75) is 52.6 Å². The van der Waals surface area contributed by atoms with Crippen LogP contribution in [0, 0.1) is 22.7 Å². The van der Waals surface area contributed by atoms with Gasteiger partial charge in [0.25, 0.3) is 0 Å². The van der Waals surface area contributed by atoms with E-state index in [-0.39, 0.29) is 28.3 Å². The zero-order valence-corrected chi connectivity index (χ0v) is 12.6. The summed E-state index contributed by atoms with van der Waals surface area (Å²) in [7, 11) is 0. The van der Waals surface area contributed by atoms with Crippen molar-refractivity contribution >= 4 is 5.78 Å². The van der Waals surface area contributed by atoms with Crippen LogP contribution in [-0.2, 0) is 14.3 Å². The minimum atomic E-state index is -0.151. The van der Waals surface area contributed by atoms with Gasteiger partial charge in [0, 0.05) is 31.5 Å². The second kappa shape index (κ2) is 4.05. The topological polar surface area (TPSA) is 35.5 Å². The minimum Gasteiger partial charge on any atom is -0.378 e. The summed E-state index contributed by atoms with van der Waals surface area (Å²) in [4.78, 5) is 12.8. The van der Waals surface area contributed by atoms with Crippen molar-refractivity contribution in [1.82, 2.24) is 0 Å². The Labute approximate surface area is 116 Å². The SMILES string of the molecule is CC1(C)C(C(=O)C2CCOC3(CCOC3)C2)C1(C)C. The Morgan fingerprint density at radius 2 is 1.79 bits per heavy atom. The largest absolute Gasteiger partial charge is 0.378 e. The first-order valence-corrected chi connectivity index (χ1v) is 7.56. The highest BCUT2D eigenvalue weighted by atomic mass is 16.6. The number of ether oxygens (including phenoxy) is 2. The fourth-order valence-electron chi connectivity index (χ4n) is 4.28. The Bertz CT molecular complexity index is 377. The van der Waals surface area contributed by atoms with E-state index in [0.29, 0.717) is 19.0 Å². The van der Waals surface area contributed by atoms with E-state index in [0.717, 1.165) is 25.9 Å². The second-order valence-corrected chi connectivity index (χ2v) is 7.80. The van der Waals surface area contributed by atoms with Gasteiger partial charge in [-0.15, -0.1) is 0 Å². The zero-order valence-electron chi connectivity index (χ0n) is 12.6. The Morgan fingerprint density at radius 3 is 2.32 bits per heavy atom. The van der Waals surface area contributed by atoms with Gasteiger partial charge in [-0.2, -0.15) is 0 Å². The van der Waals surface area contributed by atoms with Crippen LogP contribution in [0.15, 0.2) is 0 Å². The molecule has 108 valence electrons. The fourth-order valence-corrected chi connectivity index (χ4v) is 4.28. The molecule has 1 aliphatic carbocycles. The van der Waals surface area contributed by atoms with E-state index >= 15 is 0 Å². The average Bonchev–Trinajstić information content (AvgIpc) is 2.68. The van der Waals surface area contributed by atoms with Gasteiger partial charge in [0.1, 0.15) is 5.78 Å². The average molecular weight is 266 g/mol. The van der Waals surface area contributed by atoms with Crippen molar-refractivity contribution in [3.8, 4) is 0 Å². The summed E-state index contributed by atoms with van der Waals surface area (Å²) in [5.41, 5.74) is 0.158. The van der Waals surface area contributed by atoms with E-state index in [9.17, 15) is 4.79 Å². The van der Waals surface area contributed by atoms with Crippen molar-refractivity contribution in [2.24, 2.45) is 22.7 Å². The van der Waals surface area contributed by atoms with Crippen LogP contribution in [0.2, 0.25) is 0 Å². The number of Topliss-reactive ketones (excluding diaryl/α,β-unsaturated/α-hetero) is 1. The van der Waals surface area contributed by atoms with Crippen LogP contribution in [0.4, 0.5) is 0 Å². The van der Waals surface area contributed by atoms with Crippen molar-refractivity contribution < 1.29 is 14.3 Å². The van der Waals surface area contributed by atoms with Gasteiger partial charge in [0.15, 0.2) is 0 Å². The van der Waals surface area contributed by atoms with E-state index in [1.807, 2.05) is 0 Å². The summed E-state index contributed by atoms with van der Waals surface area (Å²) in [6, 6.07) is 0. The first-order chi connectivity index (χ1) is 8.80. The number of hydrogen-bond donors (Lipinski definition) is 0. The molecule has 2 aliphatic heterocycles. The predicted octanol–water partition coefficient (Wildman–Crippen LogP) is 2.82. The molecule has 2 atom stereocenters. The van der Waals surface area contributed by atoms with Crippen LogP contribution >= 0.6 is 0 Å². The molecule has 0 aromatic rings. The molecule has 3 rings (SSSR count). The highest BCUT2D eigenvalue weighted by Gasteiger charge is 2.68. The molecule has 3 nitrogen and oxygen atoms in total. The van der Waals surface area contributed by atoms with E-state index in [2.05, 4.69) is 27.7 Å². The summed E-state index contributed by atoms with van der Waals surface area (Å²) in [5.74, 6) is 0.883. The third-order valence-corrected chi connectivity index (χ3v) is 6.27. The maximum atomic E-state index is 12.8. The van der Waals surface area contributed by atoms with Crippen molar-refractivity contribution in [3.63, 3.8) is 0 Å². The van der Waals surface area contributed by atoms with Crippen LogP contribution in [0.5, 0.6) is 0 Å². The Morgan fingerprint density at radius 1 is 1.11 bits per heavy atom. The highest BCUT2D eigenvalue weighted by Crippen LogP contribution is 2.69. The monoisotopic (exact) mass is 266 g/mol. The van der Waals surface area contributed by atoms with Crippen molar-refractivity contribution in [1.29, 1.82) is 0 Å². The lowest BCUT2D eigenvalue weighted by Gasteiger charge is -2.36. The summed E-state index contributed by atoms with van der Waals surface area (Å²) >= 11 is 0. The third kappa shape index (κ3) is 1.89. The molecule has 0 bridgehead atoms. The Balaban J connectivity index is 1.71. The van der Waals surface area contributed by atoms with Gasteiger partial charge in [-0.3, -0.25) is 4.79 Å². The molecule has 0 aromatic carbocycles. The minimum absolute atomic E-state index is 0.151. The van der Waals surface area contributed by atoms with Crippen LogP contribution in [0.25, 0.3) is 0 Å². The number of rotatable bonds is 2. The highest BCUT2D eigenvalue weighted by molar-refractivity contribution is 5.88. The molecule has 2 heterocycles. The number of hydrogen-bond acceptors (Lipinski definition) is 3. The summed E-state index contributed by atoms with van der Waals surface area (Å²) in [6.07, 6.45) is 2.71. The van der Waals surface area contributed by atoms with Crippen molar-refractivity contribution in [3.05, 3.63) is 0 Å². The van der Waals surface area contributed by atoms with Crippen LogP contribution in [0.1, 0.15) is 47.0 Å². The maximum Gasteiger partial charge on any atom is 0.140 e. The van der Waals surface area contributed by atoms with Crippen LogP contribution in [0.3, 0.4) is 0 Å². The van der Waals surface area contributed by atoms with Gasteiger partial charge in [-0.05, 0) is 23.7 Å². The molecule has 0 radical (unpaired) electrons. The Kier molecular flexibility index (Phi) is 2.89. The van der Waals surface area contributed by atoms with Gasteiger partial charge < -0.3 is 9.47 Å². The maximum absolute atomic E-state index is 12.8. The van der Waals surface area contributed by atoms with E-state index < -0.39 is 0 Å². The quantitative estimate of drug-likeness (QED) is 0.771. The zero-order chi connectivity index (χ0) is 13.9. The standard InChI is InChI=1S/C16H26O3/c1-14(2)13(15(14,3)4)12(17)11-5-7-19-16(9-11)6-8-18-10-16/h11,13H,5-10H2,1-4H3. The number of ketones is 1. The third-order valence-electron chi connectivity index (χ3n) is 6.27. The normalized spacial score (nSPS) is 40.5. The molecule has 3 fully saturated rings. The number of carbonyl (C=O) groups excluding carboxylic acids is 1. The first-order valence-electron chi connectivity index (χ1n) is 7.56. The molecule has 3 aliphatic rings. The van der Waals surface area contributed by atoms with Gasteiger partial charge >= 0.3 is 0 Å². The van der Waals surface area contributed by atoms with Crippen LogP contribution in [-0.4, -0.2) is 31.2 Å². The van der Waals surface area contributed by atoms with E-state index in [4.69, 9.17) is 9.47 Å². The van der Waals surface area contributed by atoms with Gasteiger partial charge in [-0.1, -0.05) is 27.7 Å². The van der Waals surface area contributed by atoms with E-state index in [1.54, 1.807) is 0 Å². The van der Waals surface area contributed by atoms with E-state index in [1.165, 1.54) is 0 Å².